The number of rotatable bonds is 4. The summed E-state index contributed by atoms with van der Waals surface area (Å²) in [5.74, 6) is 6.63. The SMILES string of the molecule is CCC1CCC(NC(=O)c2ccc(NN)cc2)C1C. The zero-order valence-electron chi connectivity index (χ0n) is 11.6. The summed E-state index contributed by atoms with van der Waals surface area (Å²) in [6.45, 7) is 4.47. The molecule has 1 amide bonds. The van der Waals surface area contributed by atoms with Gasteiger partial charge in [-0.25, -0.2) is 0 Å². The van der Waals surface area contributed by atoms with Crippen LogP contribution in [0.1, 0.15) is 43.5 Å². The molecule has 1 aliphatic carbocycles. The van der Waals surface area contributed by atoms with Crippen LogP contribution in [0.3, 0.4) is 0 Å². The Kier molecular flexibility index (Phi) is 4.43. The predicted octanol–water partition coefficient (Wildman–Crippen LogP) is 2.53. The van der Waals surface area contributed by atoms with E-state index in [-0.39, 0.29) is 5.91 Å². The second-order valence-corrected chi connectivity index (χ2v) is 5.41. The number of hydrogen-bond acceptors (Lipinski definition) is 3. The Labute approximate surface area is 114 Å². The largest absolute Gasteiger partial charge is 0.349 e. The minimum Gasteiger partial charge on any atom is -0.349 e. The van der Waals surface area contributed by atoms with Crippen LogP contribution in [0.5, 0.6) is 0 Å². The molecule has 4 heteroatoms. The monoisotopic (exact) mass is 261 g/mol. The number of nitrogens with two attached hydrogens (primary N) is 1. The summed E-state index contributed by atoms with van der Waals surface area (Å²) < 4.78 is 0. The van der Waals surface area contributed by atoms with Crippen molar-refractivity contribution >= 4 is 11.6 Å². The molecule has 19 heavy (non-hydrogen) atoms. The first-order chi connectivity index (χ1) is 9.15. The van der Waals surface area contributed by atoms with E-state index in [1.165, 1.54) is 12.8 Å². The van der Waals surface area contributed by atoms with Crippen LogP contribution in [0.2, 0.25) is 0 Å². The third-order valence-electron chi connectivity index (χ3n) is 4.38. The molecular weight excluding hydrogens is 238 g/mol. The van der Waals surface area contributed by atoms with Gasteiger partial charge in [0.05, 0.1) is 0 Å². The van der Waals surface area contributed by atoms with Gasteiger partial charge in [0.1, 0.15) is 0 Å². The quantitative estimate of drug-likeness (QED) is 0.576. The molecule has 1 fully saturated rings. The molecule has 3 atom stereocenters. The highest BCUT2D eigenvalue weighted by Gasteiger charge is 2.32. The zero-order valence-corrected chi connectivity index (χ0v) is 11.6. The molecular formula is C15H23N3O. The van der Waals surface area contributed by atoms with Gasteiger partial charge in [0.15, 0.2) is 0 Å². The molecule has 1 aliphatic rings. The fraction of sp³-hybridized carbons (Fsp3) is 0.533. The third kappa shape index (κ3) is 3.07. The van der Waals surface area contributed by atoms with Crippen LogP contribution in [0.25, 0.3) is 0 Å². The Balaban J connectivity index is 1.97. The Morgan fingerprint density at radius 2 is 2.00 bits per heavy atom. The summed E-state index contributed by atoms with van der Waals surface area (Å²) in [5.41, 5.74) is 4.04. The molecule has 4 N–H and O–H groups in total. The average molecular weight is 261 g/mol. The lowest BCUT2D eigenvalue weighted by atomic mass is 9.93. The van der Waals surface area contributed by atoms with Gasteiger partial charge < -0.3 is 10.7 Å². The van der Waals surface area contributed by atoms with Crippen LogP contribution in [-0.4, -0.2) is 11.9 Å². The van der Waals surface area contributed by atoms with Gasteiger partial charge in [-0.05, 0) is 48.9 Å². The minimum absolute atomic E-state index is 0.0113. The van der Waals surface area contributed by atoms with E-state index in [0.717, 1.165) is 18.0 Å². The van der Waals surface area contributed by atoms with E-state index >= 15 is 0 Å². The Bertz CT molecular complexity index is 430. The number of carbonyl (C=O) groups excluding carboxylic acids is 1. The van der Waals surface area contributed by atoms with E-state index in [4.69, 9.17) is 5.84 Å². The van der Waals surface area contributed by atoms with Gasteiger partial charge in [0.25, 0.3) is 5.91 Å². The predicted molar refractivity (Wildman–Crippen MR) is 77.7 cm³/mol. The van der Waals surface area contributed by atoms with E-state index < -0.39 is 0 Å². The fourth-order valence-electron chi connectivity index (χ4n) is 3.00. The van der Waals surface area contributed by atoms with Crippen LogP contribution < -0.4 is 16.6 Å². The van der Waals surface area contributed by atoms with Crippen LogP contribution in [-0.2, 0) is 0 Å². The van der Waals surface area contributed by atoms with Crippen LogP contribution in [0, 0.1) is 11.8 Å². The maximum atomic E-state index is 12.2. The van der Waals surface area contributed by atoms with Crippen molar-refractivity contribution < 1.29 is 4.79 Å². The molecule has 0 heterocycles. The molecule has 2 rings (SSSR count). The topological polar surface area (TPSA) is 67.2 Å². The van der Waals surface area contributed by atoms with E-state index in [2.05, 4.69) is 24.6 Å². The number of anilines is 1. The number of benzene rings is 1. The van der Waals surface area contributed by atoms with Crippen LogP contribution in [0.15, 0.2) is 24.3 Å². The van der Waals surface area contributed by atoms with Gasteiger partial charge in [0, 0.05) is 17.3 Å². The highest BCUT2D eigenvalue weighted by atomic mass is 16.1. The van der Waals surface area contributed by atoms with Gasteiger partial charge in [-0.15, -0.1) is 0 Å². The van der Waals surface area contributed by atoms with E-state index in [1.54, 1.807) is 12.1 Å². The molecule has 1 aromatic carbocycles. The molecule has 0 saturated heterocycles. The highest BCUT2D eigenvalue weighted by Crippen LogP contribution is 2.33. The van der Waals surface area contributed by atoms with Crippen molar-refractivity contribution in [1.82, 2.24) is 5.32 Å². The summed E-state index contributed by atoms with van der Waals surface area (Å²) in [7, 11) is 0. The molecule has 1 saturated carbocycles. The standard InChI is InChI=1S/C15H23N3O/c1-3-11-6-9-14(10(11)2)17-15(19)12-4-7-13(18-16)8-5-12/h4-5,7-8,10-11,14,18H,3,6,9,16H2,1-2H3,(H,17,19). The summed E-state index contributed by atoms with van der Waals surface area (Å²) in [6, 6.07) is 7.51. The number of nitrogen functional groups attached to an aromatic ring is 1. The normalized spacial score (nSPS) is 26.2. The lowest BCUT2D eigenvalue weighted by Crippen LogP contribution is -2.37. The fourth-order valence-corrected chi connectivity index (χ4v) is 3.00. The minimum atomic E-state index is 0.0113. The summed E-state index contributed by atoms with van der Waals surface area (Å²) in [4.78, 5) is 12.2. The Morgan fingerprint density at radius 1 is 1.32 bits per heavy atom. The molecule has 3 unspecified atom stereocenters. The van der Waals surface area contributed by atoms with Gasteiger partial charge in [-0.2, -0.15) is 0 Å². The second kappa shape index (κ2) is 6.06. The Morgan fingerprint density at radius 3 is 2.53 bits per heavy atom. The Hall–Kier alpha value is -1.55. The third-order valence-corrected chi connectivity index (χ3v) is 4.38. The van der Waals surface area contributed by atoms with E-state index in [0.29, 0.717) is 17.5 Å². The lowest BCUT2D eigenvalue weighted by molar-refractivity contribution is 0.0926. The van der Waals surface area contributed by atoms with Gasteiger partial charge >= 0.3 is 0 Å². The van der Waals surface area contributed by atoms with Gasteiger partial charge in [-0.3, -0.25) is 10.6 Å². The lowest BCUT2D eigenvalue weighted by Gasteiger charge is -2.21. The van der Waals surface area contributed by atoms with Crippen molar-refractivity contribution in [2.45, 2.75) is 39.2 Å². The zero-order chi connectivity index (χ0) is 13.8. The van der Waals surface area contributed by atoms with Crippen molar-refractivity contribution in [2.75, 3.05) is 5.43 Å². The molecule has 4 nitrogen and oxygen atoms in total. The molecule has 0 radical (unpaired) electrons. The number of nitrogens with one attached hydrogen (secondary N) is 2. The van der Waals surface area contributed by atoms with Gasteiger partial charge in [0.2, 0.25) is 0 Å². The number of amides is 1. The van der Waals surface area contributed by atoms with E-state index in [1.807, 2.05) is 12.1 Å². The molecule has 0 bridgehead atoms. The van der Waals surface area contributed by atoms with Crippen molar-refractivity contribution in [2.24, 2.45) is 17.7 Å². The van der Waals surface area contributed by atoms with E-state index in [9.17, 15) is 4.79 Å². The first-order valence-corrected chi connectivity index (χ1v) is 7.03. The van der Waals surface area contributed by atoms with Crippen LogP contribution in [0.4, 0.5) is 5.69 Å². The van der Waals surface area contributed by atoms with Crippen molar-refractivity contribution in [3.8, 4) is 0 Å². The molecule has 0 aliphatic heterocycles. The van der Waals surface area contributed by atoms with Gasteiger partial charge in [-0.1, -0.05) is 20.3 Å². The average Bonchev–Trinajstić information content (AvgIpc) is 2.79. The first-order valence-electron chi connectivity index (χ1n) is 7.03. The maximum Gasteiger partial charge on any atom is 0.251 e. The highest BCUT2D eigenvalue weighted by molar-refractivity contribution is 5.94. The van der Waals surface area contributed by atoms with Crippen molar-refractivity contribution in [3.63, 3.8) is 0 Å². The molecule has 0 spiro atoms. The van der Waals surface area contributed by atoms with Crippen LogP contribution >= 0.6 is 0 Å². The number of hydrazine groups is 1. The number of hydrogen-bond donors (Lipinski definition) is 3. The summed E-state index contributed by atoms with van der Waals surface area (Å²) in [5, 5.41) is 3.16. The first kappa shape index (κ1) is 13.9. The van der Waals surface area contributed by atoms with Crippen molar-refractivity contribution in [1.29, 1.82) is 0 Å². The summed E-state index contributed by atoms with van der Waals surface area (Å²) >= 11 is 0. The molecule has 104 valence electrons. The number of carbonyl (C=O) groups is 1. The smallest absolute Gasteiger partial charge is 0.251 e. The van der Waals surface area contributed by atoms with Crippen molar-refractivity contribution in [3.05, 3.63) is 29.8 Å². The molecule has 1 aromatic rings. The molecule has 0 aromatic heterocycles. The maximum absolute atomic E-state index is 12.2. The second-order valence-electron chi connectivity index (χ2n) is 5.41. The summed E-state index contributed by atoms with van der Waals surface area (Å²) in [6.07, 6.45) is 3.51.